The SMILES string of the molecule is O=C(COc1ccccc1F)N(Cc1cccs1)C1CCS(=O)(=O)C1. The van der Waals surface area contributed by atoms with Gasteiger partial charge < -0.3 is 9.64 Å². The summed E-state index contributed by atoms with van der Waals surface area (Å²) in [5.74, 6) is -0.836. The minimum atomic E-state index is -3.12. The average molecular weight is 383 g/mol. The molecule has 0 saturated carbocycles. The smallest absolute Gasteiger partial charge is 0.261 e. The molecule has 3 rings (SSSR count). The number of para-hydroxylation sites is 1. The maximum atomic E-state index is 13.6. The lowest BCUT2D eigenvalue weighted by Gasteiger charge is -2.28. The van der Waals surface area contributed by atoms with Crippen LogP contribution in [0.2, 0.25) is 0 Å². The monoisotopic (exact) mass is 383 g/mol. The van der Waals surface area contributed by atoms with E-state index in [0.29, 0.717) is 13.0 Å². The fraction of sp³-hybridized carbons (Fsp3) is 0.353. The Morgan fingerprint density at radius 2 is 2.08 bits per heavy atom. The zero-order valence-electron chi connectivity index (χ0n) is 13.4. The highest BCUT2D eigenvalue weighted by atomic mass is 32.2. The number of carbonyl (C=O) groups excluding carboxylic acids is 1. The average Bonchev–Trinajstić information content (AvgIpc) is 3.20. The van der Waals surface area contributed by atoms with Gasteiger partial charge in [-0.2, -0.15) is 0 Å². The molecule has 1 amide bonds. The molecule has 0 aliphatic carbocycles. The van der Waals surface area contributed by atoms with Gasteiger partial charge in [0.1, 0.15) is 0 Å². The second-order valence-electron chi connectivity index (χ2n) is 5.88. The summed E-state index contributed by atoms with van der Waals surface area (Å²) in [5.41, 5.74) is 0. The highest BCUT2D eigenvalue weighted by Crippen LogP contribution is 2.22. The topological polar surface area (TPSA) is 63.7 Å². The molecule has 8 heteroatoms. The molecular weight excluding hydrogens is 365 g/mol. The summed E-state index contributed by atoms with van der Waals surface area (Å²) in [6, 6.07) is 9.27. The molecular formula is C17H18FNO4S2. The Balaban J connectivity index is 1.71. The molecule has 1 aromatic heterocycles. The van der Waals surface area contributed by atoms with Crippen molar-refractivity contribution in [1.82, 2.24) is 4.90 Å². The number of thiophene rings is 1. The zero-order valence-corrected chi connectivity index (χ0v) is 15.1. The normalized spacial score (nSPS) is 18.8. The Bertz CT molecular complexity index is 836. The van der Waals surface area contributed by atoms with Crippen LogP contribution in [-0.2, 0) is 21.2 Å². The van der Waals surface area contributed by atoms with Gasteiger partial charge in [-0.25, -0.2) is 12.8 Å². The molecule has 1 atom stereocenters. The van der Waals surface area contributed by atoms with E-state index >= 15 is 0 Å². The Morgan fingerprint density at radius 1 is 1.28 bits per heavy atom. The summed E-state index contributed by atoms with van der Waals surface area (Å²) in [6.45, 7) is 0.000173. The Morgan fingerprint density at radius 3 is 2.72 bits per heavy atom. The van der Waals surface area contributed by atoms with E-state index in [1.807, 2.05) is 17.5 Å². The lowest BCUT2D eigenvalue weighted by Crippen LogP contribution is -2.42. The van der Waals surface area contributed by atoms with E-state index in [0.717, 1.165) is 4.88 Å². The molecule has 1 aliphatic heterocycles. The predicted octanol–water partition coefficient (Wildman–Crippen LogP) is 2.48. The number of carbonyl (C=O) groups is 1. The summed E-state index contributed by atoms with van der Waals surface area (Å²) < 4.78 is 42.5. The van der Waals surface area contributed by atoms with E-state index in [4.69, 9.17) is 4.74 Å². The third-order valence-corrected chi connectivity index (χ3v) is 6.68. The number of rotatable bonds is 6. The maximum absolute atomic E-state index is 13.6. The molecule has 2 heterocycles. The lowest BCUT2D eigenvalue weighted by molar-refractivity contribution is -0.136. The quantitative estimate of drug-likeness (QED) is 0.769. The van der Waals surface area contributed by atoms with E-state index in [-0.39, 0.29) is 35.8 Å². The number of amides is 1. The van der Waals surface area contributed by atoms with Gasteiger partial charge in [-0.15, -0.1) is 11.3 Å². The third-order valence-electron chi connectivity index (χ3n) is 4.06. The Labute approximate surface area is 150 Å². The molecule has 0 bridgehead atoms. The van der Waals surface area contributed by atoms with E-state index < -0.39 is 15.7 Å². The molecule has 2 aromatic rings. The van der Waals surface area contributed by atoms with Crippen LogP contribution < -0.4 is 4.74 Å². The molecule has 1 aromatic carbocycles. The van der Waals surface area contributed by atoms with Crippen molar-refractivity contribution in [2.45, 2.75) is 19.0 Å². The molecule has 25 heavy (non-hydrogen) atoms. The van der Waals surface area contributed by atoms with Gasteiger partial charge in [0.15, 0.2) is 28.0 Å². The van der Waals surface area contributed by atoms with Gasteiger partial charge in [-0.3, -0.25) is 4.79 Å². The molecule has 1 saturated heterocycles. The number of ether oxygens (including phenoxy) is 1. The van der Waals surface area contributed by atoms with Crippen LogP contribution in [0.1, 0.15) is 11.3 Å². The van der Waals surface area contributed by atoms with Crippen molar-refractivity contribution in [2.75, 3.05) is 18.1 Å². The number of benzene rings is 1. The highest BCUT2D eigenvalue weighted by Gasteiger charge is 2.35. The minimum Gasteiger partial charge on any atom is -0.481 e. The van der Waals surface area contributed by atoms with Gasteiger partial charge in [-0.05, 0) is 30.0 Å². The zero-order chi connectivity index (χ0) is 17.9. The van der Waals surface area contributed by atoms with E-state index in [9.17, 15) is 17.6 Å². The van der Waals surface area contributed by atoms with Gasteiger partial charge in [0, 0.05) is 10.9 Å². The Kier molecular flexibility index (Phi) is 5.39. The molecule has 1 unspecified atom stereocenters. The molecule has 1 aliphatic rings. The van der Waals surface area contributed by atoms with Crippen molar-refractivity contribution in [3.63, 3.8) is 0 Å². The lowest BCUT2D eigenvalue weighted by atomic mass is 10.2. The first-order chi connectivity index (χ1) is 11.9. The summed E-state index contributed by atoms with van der Waals surface area (Å²) in [5, 5.41) is 1.90. The Hall–Kier alpha value is -1.93. The van der Waals surface area contributed by atoms with Crippen molar-refractivity contribution >= 4 is 27.1 Å². The summed E-state index contributed by atoms with van der Waals surface area (Å²) in [6.07, 6.45) is 0.416. The second kappa shape index (κ2) is 7.53. The first-order valence-electron chi connectivity index (χ1n) is 7.84. The van der Waals surface area contributed by atoms with E-state index in [2.05, 4.69) is 0 Å². The second-order valence-corrected chi connectivity index (χ2v) is 9.14. The van der Waals surface area contributed by atoms with Gasteiger partial charge in [0.05, 0.1) is 18.1 Å². The van der Waals surface area contributed by atoms with Gasteiger partial charge in [-0.1, -0.05) is 18.2 Å². The summed E-state index contributed by atoms with van der Waals surface area (Å²) in [7, 11) is -3.12. The minimum absolute atomic E-state index is 0.00553. The van der Waals surface area contributed by atoms with Gasteiger partial charge >= 0.3 is 0 Å². The highest BCUT2D eigenvalue weighted by molar-refractivity contribution is 7.91. The van der Waals surface area contributed by atoms with E-state index in [1.54, 1.807) is 6.07 Å². The number of nitrogens with zero attached hydrogens (tertiary/aromatic N) is 1. The van der Waals surface area contributed by atoms with Crippen LogP contribution in [0, 0.1) is 5.82 Å². The van der Waals surface area contributed by atoms with Crippen LogP contribution >= 0.6 is 11.3 Å². The molecule has 134 valence electrons. The third kappa shape index (κ3) is 4.58. The molecule has 1 fully saturated rings. The van der Waals surface area contributed by atoms with Crippen LogP contribution in [0.25, 0.3) is 0 Å². The van der Waals surface area contributed by atoms with Crippen molar-refractivity contribution in [1.29, 1.82) is 0 Å². The molecule has 0 radical (unpaired) electrons. The van der Waals surface area contributed by atoms with Crippen molar-refractivity contribution in [3.05, 3.63) is 52.5 Å². The van der Waals surface area contributed by atoms with Crippen molar-refractivity contribution in [3.8, 4) is 5.75 Å². The summed E-state index contributed by atoms with van der Waals surface area (Å²) >= 11 is 1.50. The number of sulfone groups is 1. The first kappa shape index (κ1) is 17.9. The number of hydrogen-bond donors (Lipinski definition) is 0. The van der Waals surface area contributed by atoms with Crippen molar-refractivity contribution in [2.24, 2.45) is 0 Å². The summed E-state index contributed by atoms with van der Waals surface area (Å²) in [4.78, 5) is 15.1. The van der Waals surface area contributed by atoms with Gasteiger partial charge in [0.25, 0.3) is 5.91 Å². The van der Waals surface area contributed by atoms with Crippen molar-refractivity contribution < 1.29 is 22.3 Å². The molecule has 0 spiro atoms. The first-order valence-corrected chi connectivity index (χ1v) is 10.5. The van der Waals surface area contributed by atoms with Crippen LogP contribution in [0.5, 0.6) is 5.75 Å². The maximum Gasteiger partial charge on any atom is 0.261 e. The van der Waals surface area contributed by atoms with Crippen LogP contribution in [0.3, 0.4) is 0 Å². The number of halogens is 1. The van der Waals surface area contributed by atoms with Gasteiger partial charge in [0.2, 0.25) is 0 Å². The van der Waals surface area contributed by atoms with E-state index in [1.165, 1.54) is 34.4 Å². The fourth-order valence-electron chi connectivity index (χ4n) is 2.80. The molecule has 5 nitrogen and oxygen atoms in total. The van der Waals surface area contributed by atoms with Crippen LogP contribution in [-0.4, -0.2) is 43.4 Å². The standard InChI is InChI=1S/C17H18FNO4S2/c18-15-5-1-2-6-16(15)23-11-17(20)19(10-14-4-3-8-24-14)13-7-9-25(21,22)12-13/h1-6,8,13H,7,9-12H2. The number of hydrogen-bond acceptors (Lipinski definition) is 5. The fourth-order valence-corrected chi connectivity index (χ4v) is 5.23. The van der Waals surface area contributed by atoms with Crippen LogP contribution in [0.15, 0.2) is 41.8 Å². The van der Waals surface area contributed by atoms with Crippen LogP contribution in [0.4, 0.5) is 4.39 Å². The largest absolute Gasteiger partial charge is 0.481 e. The molecule has 0 N–H and O–H groups in total. The predicted molar refractivity (Wildman–Crippen MR) is 93.8 cm³/mol.